The molecule has 3 N–H and O–H groups in total. The number of benzene rings is 1. The van der Waals surface area contributed by atoms with E-state index in [9.17, 15) is 4.79 Å². The Balaban J connectivity index is 2.05. The topological polar surface area (TPSA) is 89.6 Å². The molecule has 130 valence electrons. The van der Waals surface area contributed by atoms with E-state index in [4.69, 9.17) is 45.3 Å². The molecule has 0 saturated carbocycles. The minimum atomic E-state index is -0.669. The van der Waals surface area contributed by atoms with Gasteiger partial charge in [0.15, 0.2) is 10.8 Å². The van der Waals surface area contributed by atoms with Crippen LogP contribution in [0, 0.1) is 0 Å². The molecule has 0 fully saturated rings. The van der Waals surface area contributed by atoms with Crippen molar-refractivity contribution in [1.82, 2.24) is 10.4 Å². The van der Waals surface area contributed by atoms with Crippen LogP contribution >= 0.6 is 34.8 Å². The molecule has 1 aromatic carbocycles. The Labute approximate surface area is 159 Å². The molecular weight excluding hydrogens is 387 g/mol. The van der Waals surface area contributed by atoms with E-state index in [1.807, 2.05) is 24.3 Å². The van der Waals surface area contributed by atoms with Crippen molar-refractivity contribution in [2.24, 2.45) is 5.10 Å². The maximum atomic E-state index is 12.0. The van der Waals surface area contributed by atoms with Crippen LogP contribution in [0.4, 0.5) is 5.69 Å². The minimum Gasteiger partial charge on any atom is -0.496 e. The van der Waals surface area contributed by atoms with Crippen molar-refractivity contribution in [3.05, 3.63) is 56.8 Å². The Morgan fingerprint density at radius 3 is 2.72 bits per heavy atom. The number of rotatable bonds is 5. The van der Waals surface area contributed by atoms with Gasteiger partial charge in [-0.3, -0.25) is 4.79 Å². The molecular formula is C16H13Cl3N4O2. The number of allylic oxidation sites excluding steroid dienone is 1. The molecule has 0 aliphatic carbocycles. The van der Waals surface area contributed by atoms with Crippen molar-refractivity contribution < 1.29 is 9.53 Å². The number of hydrogen-bond acceptors (Lipinski definition) is 5. The van der Waals surface area contributed by atoms with E-state index in [1.54, 1.807) is 19.3 Å². The summed E-state index contributed by atoms with van der Waals surface area (Å²) < 4.78 is 5.22. The summed E-state index contributed by atoms with van der Waals surface area (Å²) in [5, 5.41) is 3.56. The fourth-order valence-electron chi connectivity index (χ4n) is 1.82. The van der Waals surface area contributed by atoms with E-state index in [2.05, 4.69) is 15.5 Å². The molecule has 9 heteroatoms. The monoisotopic (exact) mass is 398 g/mol. The van der Waals surface area contributed by atoms with Gasteiger partial charge < -0.3 is 10.5 Å². The number of nitrogens with zero attached hydrogens (tertiary/aromatic N) is 2. The van der Waals surface area contributed by atoms with E-state index in [-0.39, 0.29) is 26.6 Å². The van der Waals surface area contributed by atoms with Gasteiger partial charge in [-0.05, 0) is 18.2 Å². The van der Waals surface area contributed by atoms with Gasteiger partial charge in [-0.25, -0.2) is 10.4 Å². The third kappa shape index (κ3) is 4.63. The smallest absolute Gasteiger partial charge is 0.291 e. The molecule has 0 aliphatic heterocycles. The van der Waals surface area contributed by atoms with Crippen LogP contribution in [0.1, 0.15) is 16.1 Å². The highest BCUT2D eigenvalue weighted by atomic mass is 35.5. The highest BCUT2D eigenvalue weighted by Crippen LogP contribution is 2.34. The number of hydrogen-bond donors (Lipinski definition) is 2. The Morgan fingerprint density at radius 1 is 1.28 bits per heavy atom. The molecule has 1 heterocycles. The largest absolute Gasteiger partial charge is 0.496 e. The lowest BCUT2D eigenvalue weighted by molar-refractivity contribution is 0.0950. The molecule has 0 aliphatic rings. The average Bonchev–Trinajstić information content (AvgIpc) is 2.62. The summed E-state index contributed by atoms with van der Waals surface area (Å²) in [4.78, 5) is 15.8. The molecule has 0 radical (unpaired) electrons. The van der Waals surface area contributed by atoms with Crippen LogP contribution in [0.2, 0.25) is 15.2 Å². The lowest BCUT2D eigenvalue weighted by Gasteiger charge is -2.07. The van der Waals surface area contributed by atoms with Gasteiger partial charge in [0.2, 0.25) is 0 Å². The standard InChI is InChI=1S/C16H13Cl3N4O2/c1-25-10-7-3-2-5-9(10)6-4-8-21-23-16(24)14-11(17)13(20)12(18)15(19)22-14/h2-8H,1H3,(H2,20,22)(H,23,24)/b6-4+,21-8-. The molecule has 0 saturated heterocycles. The molecule has 0 atom stereocenters. The zero-order chi connectivity index (χ0) is 18.4. The minimum absolute atomic E-state index is 0.00791. The quantitative estimate of drug-likeness (QED) is 0.451. The number of carbonyl (C=O) groups excluding carboxylic acids is 1. The lowest BCUT2D eigenvalue weighted by atomic mass is 10.2. The number of nitrogens with one attached hydrogen (secondary N) is 1. The second-order valence-corrected chi connectivity index (χ2v) is 5.73. The average molecular weight is 400 g/mol. The molecule has 0 unspecified atom stereocenters. The first-order valence-corrected chi connectivity index (χ1v) is 8.02. The maximum absolute atomic E-state index is 12.0. The number of aromatic nitrogens is 1. The fraction of sp³-hybridized carbons (Fsp3) is 0.0625. The van der Waals surface area contributed by atoms with Crippen LogP contribution in [-0.4, -0.2) is 24.2 Å². The van der Waals surface area contributed by atoms with Crippen LogP contribution in [0.3, 0.4) is 0 Å². The van der Waals surface area contributed by atoms with Crippen molar-refractivity contribution in [1.29, 1.82) is 0 Å². The van der Waals surface area contributed by atoms with Crippen molar-refractivity contribution in [3.63, 3.8) is 0 Å². The van der Waals surface area contributed by atoms with Gasteiger partial charge in [0.1, 0.15) is 10.8 Å². The van der Waals surface area contributed by atoms with Gasteiger partial charge in [0.05, 0.1) is 17.8 Å². The maximum Gasteiger partial charge on any atom is 0.291 e. The zero-order valence-corrected chi connectivity index (χ0v) is 15.2. The number of methoxy groups -OCH3 is 1. The fourth-order valence-corrected chi connectivity index (χ4v) is 2.42. The number of hydrazone groups is 1. The van der Waals surface area contributed by atoms with Crippen LogP contribution in [0.5, 0.6) is 5.75 Å². The lowest BCUT2D eigenvalue weighted by Crippen LogP contribution is -2.20. The van der Waals surface area contributed by atoms with Gasteiger partial charge in [0.25, 0.3) is 5.91 Å². The number of nitrogen functional groups attached to an aromatic ring is 1. The summed E-state index contributed by atoms with van der Waals surface area (Å²) in [5.41, 5.74) is 8.61. The van der Waals surface area contributed by atoms with E-state index in [0.717, 1.165) is 11.3 Å². The molecule has 1 amide bonds. The van der Waals surface area contributed by atoms with Crippen molar-refractivity contribution in [2.75, 3.05) is 12.8 Å². The van der Waals surface area contributed by atoms with Crippen LogP contribution in [0.15, 0.2) is 35.4 Å². The summed E-state index contributed by atoms with van der Waals surface area (Å²) in [6, 6.07) is 7.46. The second kappa shape index (κ2) is 8.71. The first-order chi connectivity index (χ1) is 12.0. The van der Waals surface area contributed by atoms with Crippen molar-refractivity contribution in [2.45, 2.75) is 0 Å². The van der Waals surface area contributed by atoms with Gasteiger partial charge in [-0.2, -0.15) is 5.10 Å². The highest BCUT2D eigenvalue weighted by molar-refractivity contribution is 6.46. The normalized spacial score (nSPS) is 11.2. The summed E-state index contributed by atoms with van der Waals surface area (Å²) in [5.74, 6) is 0.0515. The third-order valence-corrected chi connectivity index (χ3v) is 4.16. The summed E-state index contributed by atoms with van der Waals surface area (Å²) >= 11 is 17.5. The number of carbonyl (C=O) groups is 1. The number of amides is 1. The van der Waals surface area contributed by atoms with E-state index >= 15 is 0 Å². The third-order valence-electron chi connectivity index (χ3n) is 3.03. The van der Waals surface area contributed by atoms with Gasteiger partial charge in [-0.15, -0.1) is 0 Å². The summed E-state index contributed by atoms with van der Waals surface area (Å²) in [7, 11) is 1.58. The van der Waals surface area contributed by atoms with E-state index in [0.29, 0.717) is 0 Å². The van der Waals surface area contributed by atoms with E-state index < -0.39 is 5.91 Å². The Bertz CT molecular complexity index is 854. The molecule has 6 nitrogen and oxygen atoms in total. The molecule has 2 rings (SSSR count). The zero-order valence-electron chi connectivity index (χ0n) is 13.0. The Hall–Kier alpha value is -2.28. The number of anilines is 1. The van der Waals surface area contributed by atoms with Gasteiger partial charge in [-0.1, -0.05) is 53.0 Å². The number of nitrogens with two attached hydrogens (primary N) is 1. The Morgan fingerprint density at radius 2 is 2.00 bits per heavy atom. The molecule has 1 aromatic heterocycles. The van der Waals surface area contributed by atoms with Crippen molar-refractivity contribution >= 4 is 58.7 Å². The van der Waals surface area contributed by atoms with Crippen LogP contribution in [0.25, 0.3) is 6.08 Å². The molecule has 2 aromatic rings. The predicted molar refractivity (Wildman–Crippen MR) is 102 cm³/mol. The number of halogens is 3. The van der Waals surface area contributed by atoms with Crippen molar-refractivity contribution in [3.8, 4) is 5.75 Å². The van der Waals surface area contributed by atoms with Crippen LogP contribution in [-0.2, 0) is 0 Å². The molecule has 0 spiro atoms. The first kappa shape index (κ1) is 19.1. The summed E-state index contributed by atoms with van der Waals surface area (Å²) in [6.45, 7) is 0. The Kier molecular flexibility index (Phi) is 6.64. The summed E-state index contributed by atoms with van der Waals surface area (Å²) in [6.07, 6.45) is 4.80. The molecule has 0 bridgehead atoms. The number of ether oxygens (including phenoxy) is 1. The van der Waals surface area contributed by atoms with Crippen LogP contribution < -0.4 is 15.9 Å². The highest BCUT2D eigenvalue weighted by Gasteiger charge is 2.19. The van der Waals surface area contributed by atoms with E-state index in [1.165, 1.54) is 6.21 Å². The first-order valence-electron chi connectivity index (χ1n) is 6.88. The van der Waals surface area contributed by atoms with Gasteiger partial charge >= 0.3 is 0 Å². The molecule has 25 heavy (non-hydrogen) atoms. The van der Waals surface area contributed by atoms with Gasteiger partial charge in [0, 0.05) is 11.8 Å². The second-order valence-electron chi connectivity index (χ2n) is 4.61. The number of pyridine rings is 1. The SMILES string of the molecule is COc1ccccc1/C=C/C=N\NC(=O)c1nc(Cl)c(Cl)c(N)c1Cl. The number of para-hydroxylation sites is 1. The predicted octanol–water partition coefficient (Wildman–Crippen LogP) is 4.06.